The molecule has 0 amide bonds. The molecule has 0 aliphatic carbocycles. The summed E-state index contributed by atoms with van der Waals surface area (Å²) >= 11 is 0. The summed E-state index contributed by atoms with van der Waals surface area (Å²) in [5, 5.41) is 3.44. The van der Waals surface area contributed by atoms with Crippen LogP contribution in [0.3, 0.4) is 0 Å². The minimum Gasteiger partial charge on any atom is -0.495 e. The first kappa shape index (κ1) is 14.5. The Labute approximate surface area is 121 Å². The van der Waals surface area contributed by atoms with Crippen LogP contribution in [-0.2, 0) is 6.42 Å². The van der Waals surface area contributed by atoms with Crippen molar-refractivity contribution in [2.24, 2.45) is 0 Å². The van der Waals surface area contributed by atoms with E-state index in [0.717, 1.165) is 31.0 Å². The van der Waals surface area contributed by atoms with Crippen molar-refractivity contribution in [3.05, 3.63) is 59.9 Å². The molecule has 1 heterocycles. The zero-order chi connectivity index (χ0) is 14.2. The Hall–Kier alpha value is -1.87. The van der Waals surface area contributed by atoms with Gasteiger partial charge in [0.1, 0.15) is 5.75 Å². The van der Waals surface area contributed by atoms with Crippen LogP contribution in [0.15, 0.2) is 48.7 Å². The second-order valence-corrected chi connectivity index (χ2v) is 4.77. The summed E-state index contributed by atoms with van der Waals surface area (Å²) in [5.74, 6) is 1.27. The lowest BCUT2D eigenvalue weighted by molar-refractivity contribution is 0.404. The van der Waals surface area contributed by atoms with Crippen LogP contribution in [0.4, 0.5) is 0 Å². The molecule has 106 valence electrons. The molecule has 20 heavy (non-hydrogen) atoms. The van der Waals surface area contributed by atoms with E-state index in [4.69, 9.17) is 4.74 Å². The van der Waals surface area contributed by atoms with Gasteiger partial charge in [-0.25, -0.2) is 0 Å². The molecule has 0 spiro atoms. The van der Waals surface area contributed by atoms with Crippen molar-refractivity contribution < 1.29 is 4.74 Å². The lowest BCUT2D eigenvalue weighted by Crippen LogP contribution is -2.23. The average Bonchev–Trinajstić information content (AvgIpc) is 2.52. The normalized spacial score (nSPS) is 12.1. The summed E-state index contributed by atoms with van der Waals surface area (Å²) in [5.41, 5.74) is 2.35. The Morgan fingerprint density at radius 3 is 2.65 bits per heavy atom. The smallest absolute Gasteiger partial charge is 0.140 e. The Balaban J connectivity index is 2.19. The van der Waals surface area contributed by atoms with E-state index in [-0.39, 0.29) is 0 Å². The van der Waals surface area contributed by atoms with Gasteiger partial charge in [0.15, 0.2) is 0 Å². The maximum absolute atomic E-state index is 5.40. The van der Waals surface area contributed by atoms with Crippen molar-refractivity contribution in [2.45, 2.75) is 19.3 Å². The number of hydrogen-bond acceptors (Lipinski definition) is 3. The molecule has 0 aliphatic rings. The summed E-state index contributed by atoms with van der Waals surface area (Å²) in [7, 11) is 1.70. The number of hydrogen-bond donors (Lipinski definition) is 1. The van der Waals surface area contributed by atoms with E-state index in [9.17, 15) is 0 Å². The summed E-state index contributed by atoms with van der Waals surface area (Å²) in [4.78, 5) is 4.47. The first-order valence-electron chi connectivity index (χ1n) is 7.08. The first-order valence-corrected chi connectivity index (χ1v) is 7.08. The van der Waals surface area contributed by atoms with Gasteiger partial charge in [-0.05, 0) is 24.2 Å². The molecule has 0 fully saturated rings. The van der Waals surface area contributed by atoms with E-state index >= 15 is 0 Å². The molecule has 0 aliphatic heterocycles. The predicted octanol–water partition coefficient (Wildman–Crippen LogP) is 3.03. The Morgan fingerprint density at radius 2 is 1.95 bits per heavy atom. The highest BCUT2D eigenvalue weighted by Gasteiger charge is 2.15. The molecule has 0 saturated heterocycles. The molecule has 0 saturated carbocycles. The molecular weight excluding hydrogens is 248 g/mol. The lowest BCUT2D eigenvalue weighted by atomic mass is 9.93. The monoisotopic (exact) mass is 270 g/mol. The Morgan fingerprint density at radius 1 is 1.15 bits per heavy atom. The van der Waals surface area contributed by atoms with Gasteiger partial charge in [0, 0.05) is 25.1 Å². The molecule has 0 radical (unpaired) electrons. The van der Waals surface area contributed by atoms with Crippen LogP contribution in [-0.4, -0.2) is 25.2 Å². The molecule has 1 atom stereocenters. The average molecular weight is 270 g/mol. The van der Waals surface area contributed by atoms with Crippen molar-refractivity contribution in [3.8, 4) is 5.75 Å². The van der Waals surface area contributed by atoms with Crippen LogP contribution in [0.25, 0.3) is 0 Å². The zero-order valence-electron chi connectivity index (χ0n) is 12.2. The molecule has 1 aromatic carbocycles. The number of nitrogens with one attached hydrogen (secondary N) is 1. The highest BCUT2D eigenvalue weighted by Crippen LogP contribution is 2.24. The van der Waals surface area contributed by atoms with Crippen LogP contribution < -0.4 is 10.1 Å². The number of likely N-dealkylation sites (N-methyl/N-ethyl adjacent to an activating group) is 1. The fourth-order valence-corrected chi connectivity index (χ4v) is 2.35. The molecule has 0 bridgehead atoms. The van der Waals surface area contributed by atoms with Crippen LogP contribution >= 0.6 is 0 Å². The van der Waals surface area contributed by atoms with Gasteiger partial charge >= 0.3 is 0 Å². The van der Waals surface area contributed by atoms with Crippen LogP contribution in [0, 0.1) is 0 Å². The summed E-state index contributed by atoms with van der Waals surface area (Å²) in [6, 6.07) is 14.5. The largest absolute Gasteiger partial charge is 0.495 e. The Bertz CT molecular complexity index is 513. The third-order valence-corrected chi connectivity index (χ3v) is 3.42. The molecule has 2 rings (SSSR count). The molecule has 3 heteroatoms. The standard InChI is InChI=1S/C17H22N2O/c1-3-18-13-15(14-8-5-4-6-9-14)12-16-17(20-2)10-7-11-19-16/h4-11,15,18H,3,12-13H2,1-2H3. The highest BCUT2D eigenvalue weighted by atomic mass is 16.5. The third kappa shape index (κ3) is 3.81. The predicted molar refractivity (Wildman–Crippen MR) is 82.2 cm³/mol. The molecule has 1 unspecified atom stereocenters. The van der Waals surface area contributed by atoms with Crippen molar-refractivity contribution in [1.82, 2.24) is 10.3 Å². The molecule has 1 N–H and O–H groups in total. The first-order chi connectivity index (χ1) is 9.85. The summed E-state index contributed by atoms with van der Waals surface area (Å²) in [6.45, 7) is 4.05. The van der Waals surface area contributed by atoms with Gasteiger partial charge in [0.25, 0.3) is 0 Å². The highest BCUT2D eigenvalue weighted by molar-refractivity contribution is 5.30. The van der Waals surface area contributed by atoms with Gasteiger partial charge in [-0.1, -0.05) is 37.3 Å². The summed E-state index contributed by atoms with van der Waals surface area (Å²) < 4.78 is 5.40. The van der Waals surface area contributed by atoms with E-state index in [1.165, 1.54) is 5.56 Å². The summed E-state index contributed by atoms with van der Waals surface area (Å²) in [6.07, 6.45) is 2.70. The van der Waals surface area contributed by atoms with Crippen LogP contribution in [0.2, 0.25) is 0 Å². The molecule has 3 nitrogen and oxygen atoms in total. The van der Waals surface area contributed by atoms with Gasteiger partial charge in [-0.3, -0.25) is 4.98 Å². The van der Waals surface area contributed by atoms with Crippen molar-refractivity contribution >= 4 is 0 Å². The third-order valence-electron chi connectivity index (χ3n) is 3.42. The van der Waals surface area contributed by atoms with Crippen LogP contribution in [0.1, 0.15) is 24.1 Å². The molecule has 1 aromatic heterocycles. The number of nitrogens with zero attached hydrogens (tertiary/aromatic N) is 1. The maximum Gasteiger partial charge on any atom is 0.140 e. The van der Waals surface area contributed by atoms with E-state index in [2.05, 4.69) is 47.6 Å². The van der Waals surface area contributed by atoms with Gasteiger partial charge in [0.2, 0.25) is 0 Å². The molecule has 2 aromatic rings. The maximum atomic E-state index is 5.40. The van der Waals surface area contributed by atoms with Gasteiger partial charge in [-0.2, -0.15) is 0 Å². The quantitative estimate of drug-likeness (QED) is 0.839. The van der Waals surface area contributed by atoms with E-state index in [1.54, 1.807) is 7.11 Å². The number of benzene rings is 1. The van der Waals surface area contributed by atoms with Gasteiger partial charge in [0.05, 0.1) is 12.8 Å². The van der Waals surface area contributed by atoms with Crippen molar-refractivity contribution in [1.29, 1.82) is 0 Å². The van der Waals surface area contributed by atoms with Gasteiger partial charge in [-0.15, -0.1) is 0 Å². The number of aromatic nitrogens is 1. The fraction of sp³-hybridized carbons (Fsp3) is 0.353. The second-order valence-electron chi connectivity index (χ2n) is 4.77. The zero-order valence-corrected chi connectivity index (χ0v) is 12.2. The van der Waals surface area contributed by atoms with Crippen molar-refractivity contribution in [2.75, 3.05) is 20.2 Å². The minimum atomic E-state index is 0.403. The second kappa shape index (κ2) is 7.65. The van der Waals surface area contributed by atoms with Gasteiger partial charge < -0.3 is 10.1 Å². The number of methoxy groups -OCH3 is 1. The topological polar surface area (TPSA) is 34.2 Å². The molecular formula is C17H22N2O. The number of pyridine rings is 1. The van der Waals surface area contributed by atoms with E-state index in [0.29, 0.717) is 5.92 Å². The van der Waals surface area contributed by atoms with E-state index in [1.807, 2.05) is 18.3 Å². The SMILES string of the molecule is CCNCC(Cc1ncccc1OC)c1ccccc1. The lowest BCUT2D eigenvalue weighted by Gasteiger charge is -2.18. The minimum absolute atomic E-state index is 0.403. The number of rotatable bonds is 7. The van der Waals surface area contributed by atoms with Crippen LogP contribution in [0.5, 0.6) is 5.75 Å². The Kier molecular flexibility index (Phi) is 5.56. The number of ether oxygens (including phenoxy) is 1. The fourth-order valence-electron chi connectivity index (χ4n) is 2.35. The van der Waals surface area contributed by atoms with Crippen molar-refractivity contribution in [3.63, 3.8) is 0 Å². The van der Waals surface area contributed by atoms with E-state index < -0.39 is 0 Å².